The maximum Gasteiger partial charge on any atom is 0.305 e. The summed E-state index contributed by atoms with van der Waals surface area (Å²) in [6, 6.07) is 5.84. The fourth-order valence-electron chi connectivity index (χ4n) is 5.41. The van der Waals surface area contributed by atoms with E-state index < -0.39 is 120 Å². The summed E-state index contributed by atoms with van der Waals surface area (Å²) in [6.07, 6.45) is -11.0. The van der Waals surface area contributed by atoms with Crippen molar-refractivity contribution in [2.75, 3.05) is 11.0 Å². The molecule has 10 atom stereocenters. The lowest BCUT2D eigenvalue weighted by Gasteiger charge is -2.43. The lowest BCUT2D eigenvalue weighted by Crippen LogP contribution is -2.63. The highest BCUT2D eigenvalue weighted by atomic mass is 127. The maximum absolute atomic E-state index is 12.6. The van der Waals surface area contributed by atoms with E-state index in [2.05, 4.69) is 22.6 Å². The second kappa shape index (κ2) is 21.4. The first kappa shape index (κ1) is 47.2. The number of halogens is 1. The minimum atomic E-state index is -4.26. The number of carbonyl (C=O) groups is 7. The van der Waals surface area contributed by atoms with Crippen LogP contribution in [0.5, 0.6) is 0 Å². The lowest BCUT2D eigenvalue weighted by molar-refractivity contribution is -0.298. The molecule has 0 N–H and O–H groups in total. The Bertz CT molecular complexity index is 1650. The molecule has 0 bridgehead atoms. The molecule has 2 fully saturated rings. The van der Waals surface area contributed by atoms with Crippen LogP contribution in [0.2, 0.25) is 0 Å². The molecule has 0 saturated carbocycles. The van der Waals surface area contributed by atoms with E-state index in [-0.39, 0.29) is 4.90 Å². The lowest BCUT2D eigenvalue weighted by atomic mass is 9.95. The highest BCUT2D eigenvalue weighted by Crippen LogP contribution is 2.31. The van der Waals surface area contributed by atoms with Crippen molar-refractivity contribution in [2.24, 2.45) is 0 Å². The normalized spacial score (nSPS) is 27.5. The Morgan fingerprint density at radius 2 is 0.945 bits per heavy atom. The van der Waals surface area contributed by atoms with Crippen molar-refractivity contribution in [2.45, 2.75) is 128 Å². The molecule has 2 unspecified atom stereocenters. The SMILES string of the molecule is CC(=O)OC1O[C@H](COS(=O)(=O)c2ccc(C)cc2)[C@@H](OC(C)=O)[C@H](OC(C)=O)[C@H]1OC(C)=O.CC(=O)O[C@H]1[C@H](OC(C)=O)[C@@H](OC(C)=O)C(C)O[C@@H]1CI. The quantitative estimate of drug-likeness (QED) is 0.0953. The van der Waals surface area contributed by atoms with Crippen LogP contribution in [0.4, 0.5) is 0 Å². The third-order valence-electron chi connectivity index (χ3n) is 7.40. The molecule has 0 amide bonds. The number of aryl methyl sites for hydroxylation is 1. The number of hydrogen-bond donors (Lipinski definition) is 0. The highest BCUT2D eigenvalue weighted by molar-refractivity contribution is 14.1. The van der Waals surface area contributed by atoms with Crippen LogP contribution in [0.3, 0.4) is 0 Å². The van der Waals surface area contributed by atoms with Crippen molar-refractivity contribution in [3.8, 4) is 0 Å². The molecule has 3 rings (SSSR count). The van der Waals surface area contributed by atoms with Crippen LogP contribution >= 0.6 is 22.6 Å². The third kappa shape index (κ3) is 14.9. The molecule has 0 aliphatic carbocycles. The second-order valence-corrected chi connectivity index (χ2v) is 14.7. The molecule has 2 aliphatic rings. The summed E-state index contributed by atoms with van der Waals surface area (Å²) < 4.78 is 78.5. The molecular weight excluding hydrogens is 871 g/mol. The zero-order valence-corrected chi connectivity index (χ0v) is 34.5. The van der Waals surface area contributed by atoms with Gasteiger partial charge in [0.2, 0.25) is 12.4 Å². The number of rotatable bonds is 12. The zero-order chi connectivity index (χ0) is 41.8. The van der Waals surface area contributed by atoms with Crippen molar-refractivity contribution in [3.05, 3.63) is 29.8 Å². The largest absolute Gasteiger partial charge is 0.456 e. The molecule has 2 aliphatic heterocycles. The van der Waals surface area contributed by atoms with Gasteiger partial charge in [0.15, 0.2) is 30.5 Å². The van der Waals surface area contributed by atoms with Gasteiger partial charge in [-0.05, 0) is 26.0 Å². The Balaban J connectivity index is 0.000000426. The van der Waals surface area contributed by atoms with E-state index >= 15 is 0 Å². The fraction of sp³-hybridized carbons (Fsp3) is 0.618. The monoisotopic (exact) mass is 916 g/mol. The van der Waals surface area contributed by atoms with Gasteiger partial charge in [-0.25, -0.2) is 0 Å². The molecular formula is C34H45IO19S. The molecule has 19 nitrogen and oxygen atoms in total. The van der Waals surface area contributed by atoms with Crippen LogP contribution in [0.25, 0.3) is 0 Å². The van der Waals surface area contributed by atoms with E-state index in [0.717, 1.165) is 33.3 Å². The molecule has 0 spiro atoms. The second-order valence-electron chi connectivity index (χ2n) is 12.2. The smallest absolute Gasteiger partial charge is 0.305 e. The van der Waals surface area contributed by atoms with Crippen LogP contribution in [-0.2, 0) is 90.5 Å². The number of esters is 7. The first-order valence-electron chi connectivity index (χ1n) is 16.6. The van der Waals surface area contributed by atoms with E-state index in [1.165, 1.54) is 32.9 Å². The van der Waals surface area contributed by atoms with E-state index in [1.807, 2.05) is 0 Å². The average molecular weight is 917 g/mol. The number of benzene rings is 1. The van der Waals surface area contributed by atoms with Gasteiger partial charge < -0.3 is 42.6 Å². The third-order valence-corrected chi connectivity index (χ3v) is 9.56. The fourth-order valence-corrected chi connectivity index (χ4v) is 7.04. The summed E-state index contributed by atoms with van der Waals surface area (Å²) in [7, 11) is -4.26. The molecule has 1 aromatic rings. The van der Waals surface area contributed by atoms with Crippen LogP contribution < -0.4 is 0 Å². The summed E-state index contributed by atoms with van der Waals surface area (Å²) in [6.45, 7) is 10.8. The molecule has 1 aromatic carbocycles. The number of hydrogen-bond acceptors (Lipinski definition) is 19. The molecule has 55 heavy (non-hydrogen) atoms. The molecule has 0 radical (unpaired) electrons. The van der Waals surface area contributed by atoms with Gasteiger partial charge >= 0.3 is 41.8 Å². The van der Waals surface area contributed by atoms with Gasteiger partial charge in [-0.2, -0.15) is 8.42 Å². The van der Waals surface area contributed by atoms with Crippen molar-refractivity contribution >= 4 is 74.5 Å². The number of ether oxygens (including phenoxy) is 9. The van der Waals surface area contributed by atoms with Gasteiger partial charge in [-0.3, -0.25) is 37.7 Å². The molecule has 2 heterocycles. The van der Waals surface area contributed by atoms with Crippen molar-refractivity contribution in [1.82, 2.24) is 0 Å². The van der Waals surface area contributed by atoms with Gasteiger partial charge in [-0.15, -0.1) is 0 Å². The first-order valence-corrected chi connectivity index (χ1v) is 19.5. The predicted molar refractivity (Wildman–Crippen MR) is 191 cm³/mol. The Morgan fingerprint density at radius 3 is 1.38 bits per heavy atom. The van der Waals surface area contributed by atoms with E-state index in [9.17, 15) is 42.0 Å². The summed E-state index contributed by atoms with van der Waals surface area (Å²) in [4.78, 5) is 80.5. The summed E-state index contributed by atoms with van der Waals surface area (Å²) in [5, 5.41) is 0. The van der Waals surface area contributed by atoms with Crippen molar-refractivity contribution < 1.29 is 88.8 Å². The van der Waals surface area contributed by atoms with Gasteiger partial charge in [0.1, 0.15) is 12.2 Å². The van der Waals surface area contributed by atoms with Crippen molar-refractivity contribution in [3.63, 3.8) is 0 Å². The molecule has 308 valence electrons. The Morgan fingerprint density at radius 1 is 0.564 bits per heavy atom. The summed E-state index contributed by atoms with van der Waals surface area (Å²) in [5.41, 5.74) is 0.828. The highest BCUT2D eigenvalue weighted by Gasteiger charge is 2.54. The van der Waals surface area contributed by atoms with Crippen LogP contribution in [0, 0.1) is 6.92 Å². The van der Waals surface area contributed by atoms with Crippen LogP contribution in [-0.4, -0.2) is 122 Å². The van der Waals surface area contributed by atoms with Crippen molar-refractivity contribution in [1.29, 1.82) is 0 Å². The van der Waals surface area contributed by atoms with Gasteiger partial charge in [0.05, 0.1) is 17.6 Å². The standard InChI is InChI=1S/C21H26O12S.C13H19IO7/c1-11-6-8-16(9-7-11)34(26,27)28-10-17-18(29-12(2)22)19(30-13(3)23)20(31-14(4)24)21(33-17)32-15(5)25;1-6-11(19-7(2)15)13(21-9(4)17)12(20-8(3)16)10(5-14)18-6/h6-9,17-21H,10H2,1-5H3;6,10-13H,5H2,1-4H3/t17-,18-,19+,20-,21?;6?,10-,11+,12-,13-/m11/s1. The van der Waals surface area contributed by atoms with E-state index in [1.54, 1.807) is 26.0 Å². The minimum Gasteiger partial charge on any atom is -0.456 e. The van der Waals surface area contributed by atoms with Crippen LogP contribution in [0.1, 0.15) is 61.0 Å². The molecule has 21 heteroatoms. The van der Waals surface area contributed by atoms with Gasteiger partial charge in [-0.1, -0.05) is 40.3 Å². The topological polar surface area (TPSA) is 246 Å². The zero-order valence-electron chi connectivity index (χ0n) is 31.5. The van der Waals surface area contributed by atoms with Gasteiger partial charge in [0.25, 0.3) is 10.1 Å². The summed E-state index contributed by atoms with van der Waals surface area (Å²) >= 11 is 2.09. The van der Waals surface area contributed by atoms with E-state index in [4.69, 9.17) is 46.8 Å². The number of alkyl halides is 1. The maximum atomic E-state index is 12.6. The van der Waals surface area contributed by atoms with E-state index in [0.29, 0.717) is 4.43 Å². The molecule has 0 aromatic heterocycles. The predicted octanol–water partition coefficient (Wildman–Crippen LogP) is 1.79. The Labute approximate surface area is 331 Å². The molecule has 2 saturated heterocycles. The average Bonchev–Trinajstić information content (AvgIpc) is 3.05. The first-order chi connectivity index (χ1) is 25.6. The Hall–Kier alpha value is -3.93. The van der Waals surface area contributed by atoms with Crippen LogP contribution in [0.15, 0.2) is 29.2 Å². The van der Waals surface area contributed by atoms with Gasteiger partial charge in [0, 0.05) is 52.9 Å². The number of carbonyl (C=O) groups excluding carboxylic acids is 7. The minimum absolute atomic E-state index is 0.135. The Kier molecular flexibility index (Phi) is 18.4. The summed E-state index contributed by atoms with van der Waals surface area (Å²) in [5.74, 6) is -4.92.